The van der Waals surface area contributed by atoms with Crippen molar-refractivity contribution in [1.29, 1.82) is 0 Å². The Morgan fingerprint density at radius 1 is 1.42 bits per heavy atom. The van der Waals surface area contributed by atoms with Crippen molar-refractivity contribution >= 4 is 7.85 Å². The van der Waals surface area contributed by atoms with Crippen molar-refractivity contribution in [2.75, 3.05) is 0 Å². The van der Waals surface area contributed by atoms with Crippen molar-refractivity contribution < 1.29 is 4.39 Å². The molecule has 0 amide bonds. The first-order valence-corrected chi connectivity index (χ1v) is 4.80. The lowest BCUT2D eigenvalue weighted by molar-refractivity contribution is 0.146. The summed E-state index contributed by atoms with van der Waals surface area (Å²) in [5, 5.41) is 0. The lowest BCUT2D eigenvalue weighted by Gasteiger charge is -2.28. The third kappa shape index (κ3) is 2.27. The fourth-order valence-electron chi connectivity index (χ4n) is 1.51. The first-order valence-electron chi connectivity index (χ1n) is 4.80. The van der Waals surface area contributed by atoms with Crippen molar-refractivity contribution in [3.05, 3.63) is 0 Å². The van der Waals surface area contributed by atoms with Crippen LogP contribution in [0.25, 0.3) is 0 Å². The van der Waals surface area contributed by atoms with Gasteiger partial charge in [-0.1, -0.05) is 6.92 Å². The molecule has 2 atom stereocenters. The van der Waals surface area contributed by atoms with Crippen LogP contribution in [0.15, 0.2) is 0 Å². The van der Waals surface area contributed by atoms with Crippen LogP contribution >= 0.6 is 0 Å². The van der Waals surface area contributed by atoms with Gasteiger partial charge in [0.25, 0.3) is 0 Å². The van der Waals surface area contributed by atoms with E-state index in [2.05, 4.69) is 11.8 Å². The van der Waals surface area contributed by atoms with Gasteiger partial charge in [-0.25, -0.2) is 4.39 Å². The zero-order chi connectivity index (χ0) is 9.03. The summed E-state index contributed by atoms with van der Waals surface area (Å²) in [5.74, 6) is 6.04. The SMILES string of the molecule is B[C@@H](C)C1(F)CC#CCCCC1. The molecule has 0 saturated heterocycles. The van der Waals surface area contributed by atoms with E-state index in [-0.39, 0.29) is 5.82 Å². The van der Waals surface area contributed by atoms with Gasteiger partial charge in [-0.15, -0.1) is 11.8 Å². The van der Waals surface area contributed by atoms with Gasteiger partial charge in [0, 0.05) is 12.8 Å². The van der Waals surface area contributed by atoms with Crippen molar-refractivity contribution in [2.24, 2.45) is 0 Å². The number of rotatable bonds is 1. The molecule has 0 radical (unpaired) electrons. The summed E-state index contributed by atoms with van der Waals surface area (Å²) < 4.78 is 14.0. The molecular weight excluding hydrogens is 150 g/mol. The molecule has 0 saturated carbocycles. The van der Waals surface area contributed by atoms with Crippen LogP contribution in [0.3, 0.4) is 0 Å². The number of hydrogen-bond acceptors (Lipinski definition) is 0. The minimum absolute atomic E-state index is 0.102. The molecule has 0 aromatic heterocycles. The van der Waals surface area contributed by atoms with Crippen LogP contribution in [0.1, 0.15) is 39.0 Å². The molecule has 0 aliphatic heterocycles. The van der Waals surface area contributed by atoms with E-state index in [1.165, 1.54) is 0 Å². The maximum absolute atomic E-state index is 14.0. The molecule has 0 spiro atoms. The van der Waals surface area contributed by atoms with Crippen molar-refractivity contribution in [3.8, 4) is 11.8 Å². The van der Waals surface area contributed by atoms with Crippen LogP contribution in [0.2, 0.25) is 5.82 Å². The van der Waals surface area contributed by atoms with Crippen LogP contribution in [0.5, 0.6) is 0 Å². The molecule has 0 heterocycles. The minimum atomic E-state index is -1.02. The molecule has 1 rings (SSSR count). The third-order valence-corrected chi connectivity index (χ3v) is 2.69. The first-order chi connectivity index (χ1) is 5.65. The third-order valence-electron chi connectivity index (χ3n) is 2.69. The van der Waals surface area contributed by atoms with Gasteiger partial charge in [0.1, 0.15) is 13.5 Å². The fraction of sp³-hybridized carbons (Fsp3) is 0.800. The molecule has 66 valence electrons. The van der Waals surface area contributed by atoms with Gasteiger partial charge in [0.2, 0.25) is 0 Å². The van der Waals surface area contributed by atoms with E-state index in [9.17, 15) is 4.39 Å². The van der Waals surface area contributed by atoms with E-state index in [4.69, 9.17) is 0 Å². The Balaban J connectivity index is 2.65. The largest absolute Gasteiger partial charge is 0.243 e. The van der Waals surface area contributed by atoms with E-state index in [1.807, 2.05) is 14.8 Å². The average Bonchev–Trinajstić information content (AvgIpc) is 1.97. The predicted molar refractivity (Wildman–Crippen MR) is 52.7 cm³/mol. The molecule has 1 aliphatic carbocycles. The molecular formula is C10H16BF. The molecule has 0 aromatic rings. The second-order valence-electron chi connectivity index (χ2n) is 3.93. The van der Waals surface area contributed by atoms with Crippen LogP contribution in [0, 0.1) is 11.8 Å². The maximum Gasteiger partial charge on any atom is 0.117 e. The van der Waals surface area contributed by atoms with Crippen LogP contribution < -0.4 is 0 Å². The Bertz CT molecular complexity index is 202. The molecule has 1 aliphatic rings. The summed E-state index contributed by atoms with van der Waals surface area (Å²) in [6.07, 6.45) is 4.13. The van der Waals surface area contributed by atoms with Gasteiger partial charge in [-0.05, 0) is 25.1 Å². The van der Waals surface area contributed by atoms with E-state index in [1.54, 1.807) is 0 Å². The zero-order valence-electron chi connectivity index (χ0n) is 7.99. The topological polar surface area (TPSA) is 0 Å². The molecule has 2 heteroatoms. The van der Waals surface area contributed by atoms with Gasteiger partial charge < -0.3 is 0 Å². The average molecular weight is 166 g/mol. The monoisotopic (exact) mass is 166 g/mol. The lowest BCUT2D eigenvalue weighted by Crippen LogP contribution is -2.27. The first kappa shape index (κ1) is 9.64. The second kappa shape index (κ2) is 3.98. The standard InChI is InChI=1S/C10H16BF/c1-9(11)10(12)7-5-3-2-4-6-8-10/h9H,2-3,5,7-8,11H2,1H3/t9-,10?/m0/s1. The summed E-state index contributed by atoms with van der Waals surface area (Å²) >= 11 is 0. The smallest absolute Gasteiger partial charge is 0.117 e. The Kier molecular flexibility index (Phi) is 3.20. The summed E-state index contributed by atoms with van der Waals surface area (Å²) in [7, 11) is 1.95. The van der Waals surface area contributed by atoms with Gasteiger partial charge in [0.15, 0.2) is 0 Å². The molecule has 0 aromatic carbocycles. The summed E-state index contributed by atoms with van der Waals surface area (Å²) in [6.45, 7) is 1.95. The number of hydrogen-bond donors (Lipinski definition) is 0. The molecule has 0 nitrogen and oxygen atoms in total. The van der Waals surface area contributed by atoms with Crippen LogP contribution in [-0.4, -0.2) is 13.5 Å². The minimum Gasteiger partial charge on any atom is -0.243 e. The van der Waals surface area contributed by atoms with Crippen molar-refractivity contribution in [3.63, 3.8) is 0 Å². The predicted octanol–water partition coefficient (Wildman–Crippen LogP) is 2.10. The highest BCUT2D eigenvalue weighted by atomic mass is 19.1. The lowest BCUT2D eigenvalue weighted by atomic mass is 9.71. The van der Waals surface area contributed by atoms with E-state index < -0.39 is 5.67 Å². The van der Waals surface area contributed by atoms with Crippen LogP contribution in [-0.2, 0) is 0 Å². The van der Waals surface area contributed by atoms with E-state index in [0.29, 0.717) is 12.8 Å². The Labute approximate surface area is 75.3 Å². The fourth-order valence-corrected chi connectivity index (χ4v) is 1.51. The second-order valence-corrected chi connectivity index (χ2v) is 3.93. The van der Waals surface area contributed by atoms with E-state index in [0.717, 1.165) is 19.3 Å². The molecule has 1 unspecified atom stereocenters. The Morgan fingerprint density at radius 2 is 2.17 bits per heavy atom. The quantitative estimate of drug-likeness (QED) is 0.413. The normalized spacial score (nSPS) is 32.5. The van der Waals surface area contributed by atoms with Crippen molar-refractivity contribution in [1.82, 2.24) is 0 Å². The van der Waals surface area contributed by atoms with Crippen molar-refractivity contribution in [2.45, 2.75) is 50.5 Å². The Morgan fingerprint density at radius 3 is 2.83 bits per heavy atom. The summed E-state index contributed by atoms with van der Waals surface area (Å²) in [4.78, 5) is 0. The zero-order valence-corrected chi connectivity index (χ0v) is 7.99. The van der Waals surface area contributed by atoms with Gasteiger partial charge in [-0.2, -0.15) is 0 Å². The number of alkyl halides is 1. The van der Waals surface area contributed by atoms with E-state index >= 15 is 0 Å². The highest BCUT2D eigenvalue weighted by Crippen LogP contribution is 2.34. The molecule has 0 bridgehead atoms. The molecule has 12 heavy (non-hydrogen) atoms. The highest BCUT2D eigenvalue weighted by Gasteiger charge is 2.32. The van der Waals surface area contributed by atoms with Crippen LogP contribution in [0.4, 0.5) is 4.39 Å². The summed E-state index contributed by atoms with van der Waals surface area (Å²) in [6, 6.07) is 0. The maximum atomic E-state index is 14.0. The highest BCUT2D eigenvalue weighted by molar-refractivity contribution is 6.12. The molecule has 0 N–H and O–H groups in total. The van der Waals surface area contributed by atoms with Gasteiger partial charge in [0.05, 0.1) is 0 Å². The summed E-state index contributed by atoms with van der Waals surface area (Å²) in [5.41, 5.74) is -1.02. The number of halogens is 1. The van der Waals surface area contributed by atoms with Gasteiger partial charge >= 0.3 is 0 Å². The Hall–Kier alpha value is -0.445. The molecule has 0 fully saturated rings. The van der Waals surface area contributed by atoms with Gasteiger partial charge in [-0.3, -0.25) is 0 Å².